The first-order chi connectivity index (χ1) is 14.1. The van der Waals surface area contributed by atoms with E-state index in [0.717, 1.165) is 12.1 Å². The van der Waals surface area contributed by atoms with Crippen molar-refractivity contribution >= 4 is 17.0 Å². The number of aromatic nitrogens is 3. The third kappa shape index (κ3) is 4.45. The van der Waals surface area contributed by atoms with Crippen LogP contribution in [0, 0.1) is 11.6 Å². The minimum absolute atomic E-state index is 0.0785. The molecule has 2 aromatic heterocycles. The molecule has 0 spiro atoms. The lowest BCUT2D eigenvalue weighted by Gasteiger charge is -2.25. The minimum atomic E-state index is -0.953. The molecule has 1 atom stereocenters. The highest BCUT2D eigenvalue weighted by Crippen LogP contribution is 2.26. The summed E-state index contributed by atoms with van der Waals surface area (Å²) < 4.78 is 33.9. The zero-order chi connectivity index (χ0) is 22.1. The van der Waals surface area contributed by atoms with E-state index < -0.39 is 23.3 Å². The normalized spacial score (nSPS) is 12.9. The Balaban J connectivity index is 2.16. The Morgan fingerprint density at radius 3 is 2.60 bits per heavy atom. The molecule has 8 nitrogen and oxygen atoms in total. The summed E-state index contributed by atoms with van der Waals surface area (Å²) in [6.45, 7) is 1.71. The number of aliphatic hydroxyl groups is 2. The van der Waals surface area contributed by atoms with Crippen molar-refractivity contribution in [3.63, 3.8) is 0 Å². The highest BCUT2D eigenvalue weighted by Gasteiger charge is 2.24. The van der Waals surface area contributed by atoms with Crippen LogP contribution in [-0.2, 0) is 6.54 Å². The van der Waals surface area contributed by atoms with E-state index >= 15 is 0 Å². The summed E-state index contributed by atoms with van der Waals surface area (Å²) >= 11 is 0. The number of aliphatic hydroxyl groups excluding tert-OH is 2. The lowest BCUT2D eigenvalue weighted by Crippen LogP contribution is -2.44. The monoisotopic (exact) mass is 421 g/mol. The maximum absolute atomic E-state index is 14.0. The molecule has 0 saturated heterocycles. The van der Waals surface area contributed by atoms with Crippen LogP contribution in [0.25, 0.3) is 11.0 Å². The first kappa shape index (κ1) is 21.8. The highest BCUT2D eigenvalue weighted by atomic mass is 19.1. The van der Waals surface area contributed by atoms with Crippen LogP contribution < -0.4 is 14.8 Å². The van der Waals surface area contributed by atoms with Gasteiger partial charge >= 0.3 is 5.95 Å². The van der Waals surface area contributed by atoms with Crippen molar-refractivity contribution in [3.8, 4) is 11.5 Å². The summed E-state index contributed by atoms with van der Waals surface area (Å²) in [7, 11) is 3.62. The molecule has 0 unspecified atom stereocenters. The largest absolute Gasteiger partial charge is 0.448 e. The second-order valence-electron chi connectivity index (χ2n) is 7.53. The molecule has 0 amide bonds. The Morgan fingerprint density at radius 1 is 1.23 bits per heavy atom. The lowest BCUT2D eigenvalue weighted by molar-refractivity contribution is 0.173. The van der Waals surface area contributed by atoms with Gasteiger partial charge in [-0.15, -0.1) is 0 Å². The average Bonchev–Trinajstić information content (AvgIpc) is 2.66. The molecule has 10 heteroatoms. The maximum Gasteiger partial charge on any atom is 0.330 e. The van der Waals surface area contributed by atoms with Gasteiger partial charge in [-0.05, 0) is 25.1 Å². The van der Waals surface area contributed by atoms with Crippen molar-refractivity contribution in [2.24, 2.45) is 0 Å². The fourth-order valence-electron chi connectivity index (χ4n) is 2.95. The number of hydrogen-bond acceptors (Lipinski definition) is 6. The number of benzene rings is 1. The smallest absolute Gasteiger partial charge is 0.330 e. The average molecular weight is 421 g/mol. The summed E-state index contributed by atoms with van der Waals surface area (Å²) in [5, 5.41) is 19.6. The molecule has 160 valence electrons. The predicted molar refractivity (Wildman–Crippen MR) is 108 cm³/mol. The number of hydrogen-bond donors (Lipinski definition) is 2. The lowest BCUT2D eigenvalue weighted by atomic mass is 10.2. The molecule has 0 aliphatic carbocycles. The SMILES string of the molecule is C[C@@H](O)Cn1c(=O)c(Oc2ccc(F)cc2F)cc2cnc([N+](C)(C)CCO)nc21. The Morgan fingerprint density at radius 2 is 1.97 bits per heavy atom. The van der Waals surface area contributed by atoms with Gasteiger partial charge in [-0.25, -0.2) is 8.78 Å². The second kappa shape index (κ2) is 8.42. The van der Waals surface area contributed by atoms with Gasteiger partial charge in [0.25, 0.3) is 5.56 Å². The zero-order valence-electron chi connectivity index (χ0n) is 16.8. The Bertz CT molecular complexity index is 1130. The van der Waals surface area contributed by atoms with E-state index in [9.17, 15) is 23.8 Å². The Kier molecular flexibility index (Phi) is 6.11. The van der Waals surface area contributed by atoms with E-state index in [1.54, 1.807) is 0 Å². The van der Waals surface area contributed by atoms with Gasteiger partial charge in [0, 0.05) is 17.6 Å². The van der Waals surface area contributed by atoms with E-state index in [4.69, 9.17) is 4.74 Å². The van der Waals surface area contributed by atoms with Gasteiger partial charge < -0.3 is 14.9 Å². The molecule has 0 aliphatic heterocycles. The van der Waals surface area contributed by atoms with Crippen LogP contribution in [0.15, 0.2) is 35.3 Å². The number of fused-ring (bicyclic) bond motifs is 1. The van der Waals surface area contributed by atoms with Crippen LogP contribution in [0.1, 0.15) is 6.92 Å². The van der Waals surface area contributed by atoms with Gasteiger partial charge in [0.2, 0.25) is 0 Å². The van der Waals surface area contributed by atoms with Crippen molar-refractivity contribution in [2.75, 3.05) is 27.2 Å². The van der Waals surface area contributed by atoms with Crippen molar-refractivity contribution in [2.45, 2.75) is 19.6 Å². The molecular weight excluding hydrogens is 398 g/mol. The van der Waals surface area contributed by atoms with Crippen molar-refractivity contribution in [3.05, 3.63) is 52.5 Å². The second-order valence-corrected chi connectivity index (χ2v) is 7.53. The number of quaternary nitrogens is 1. The highest BCUT2D eigenvalue weighted by molar-refractivity contribution is 5.76. The summed E-state index contributed by atoms with van der Waals surface area (Å²) in [4.78, 5) is 21.8. The predicted octanol–water partition coefficient (Wildman–Crippen LogP) is 1.80. The van der Waals surface area contributed by atoms with Crippen LogP contribution in [0.3, 0.4) is 0 Å². The quantitative estimate of drug-likeness (QED) is 0.565. The third-order valence-electron chi connectivity index (χ3n) is 4.54. The molecule has 2 N–H and O–H groups in total. The van der Waals surface area contributed by atoms with Gasteiger partial charge in [0.05, 0.1) is 33.4 Å². The van der Waals surface area contributed by atoms with Crippen molar-refractivity contribution < 1.29 is 23.7 Å². The summed E-state index contributed by atoms with van der Waals surface area (Å²) in [6, 6.07) is 4.13. The van der Waals surface area contributed by atoms with Crippen LogP contribution in [0.4, 0.5) is 14.7 Å². The van der Waals surface area contributed by atoms with E-state index in [2.05, 4.69) is 9.97 Å². The van der Waals surface area contributed by atoms with Gasteiger partial charge in [-0.2, -0.15) is 9.97 Å². The third-order valence-corrected chi connectivity index (χ3v) is 4.54. The van der Waals surface area contributed by atoms with E-state index in [1.807, 2.05) is 14.1 Å². The van der Waals surface area contributed by atoms with Gasteiger partial charge in [-0.1, -0.05) is 0 Å². The molecule has 0 saturated carbocycles. The standard InChI is InChI=1S/C20H23F2N4O4/c1-12(28)11-25-18-13(10-23-20(24-18)26(2,3)6-7-27)8-17(19(25)29)30-16-5-4-14(21)9-15(16)22/h4-5,8-10,12,27-28H,6-7,11H2,1-3H3/q+1/t12-/m1/s1. The molecule has 0 aliphatic rings. The molecule has 3 rings (SSSR count). The van der Waals surface area contributed by atoms with Crippen LogP contribution in [-0.4, -0.2) is 58.1 Å². The molecule has 30 heavy (non-hydrogen) atoms. The van der Waals surface area contributed by atoms with Crippen LogP contribution in [0.2, 0.25) is 0 Å². The molecule has 2 heterocycles. The molecule has 3 aromatic rings. The summed E-state index contributed by atoms with van der Waals surface area (Å²) in [6.07, 6.45) is 0.614. The Labute approximate surface area is 171 Å². The number of halogens is 2. The molecule has 0 radical (unpaired) electrons. The van der Waals surface area contributed by atoms with E-state index in [-0.39, 0.29) is 34.8 Å². The van der Waals surface area contributed by atoms with Crippen LogP contribution >= 0.6 is 0 Å². The van der Waals surface area contributed by atoms with Crippen molar-refractivity contribution in [1.82, 2.24) is 19.0 Å². The fourth-order valence-corrected chi connectivity index (χ4v) is 2.95. The van der Waals surface area contributed by atoms with E-state index in [0.29, 0.717) is 23.9 Å². The van der Waals surface area contributed by atoms with Gasteiger partial charge in [0.1, 0.15) is 12.4 Å². The van der Waals surface area contributed by atoms with E-state index in [1.165, 1.54) is 23.8 Å². The summed E-state index contributed by atoms with van der Waals surface area (Å²) in [5.41, 5.74) is -0.369. The summed E-state index contributed by atoms with van der Waals surface area (Å²) in [5.74, 6) is -1.88. The topological polar surface area (TPSA) is 97.5 Å². The number of likely N-dealkylation sites (N-methyl/N-ethyl adjacent to an activating group) is 1. The van der Waals surface area contributed by atoms with Gasteiger partial charge in [0.15, 0.2) is 23.0 Å². The van der Waals surface area contributed by atoms with Crippen LogP contribution in [0.5, 0.6) is 11.5 Å². The molecule has 1 aromatic carbocycles. The fraction of sp³-hybridized carbons (Fsp3) is 0.350. The van der Waals surface area contributed by atoms with Crippen molar-refractivity contribution in [1.29, 1.82) is 0 Å². The first-order valence-corrected chi connectivity index (χ1v) is 9.28. The first-order valence-electron chi connectivity index (χ1n) is 9.28. The van der Waals surface area contributed by atoms with Gasteiger partial charge in [-0.3, -0.25) is 13.8 Å². The molecule has 0 fully saturated rings. The zero-order valence-corrected chi connectivity index (χ0v) is 16.8. The number of rotatable bonds is 7. The number of ether oxygens (including phenoxy) is 1. The number of nitrogens with zero attached hydrogens (tertiary/aromatic N) is 4. The number of pyridine rings is 1. The maximum atomic E-state index is 14.0. The minimum Gasteiger partial charge on any atom is -0.448 e. The Hall–Kier alpha value is -2.95. The molecule has 0 bridgehead atoms. The molecular formula is C20H23F2N4O4+.